The number of primary amides is 1. The van der Waals surface area contributed by atoms with Crippen molar-refractivity contribution in [3.8, 4) is 11.5 Å². The molecule has 5 N–H and O–H groups in total. The molecule has 12 heteroatoms. The zero-order valence-electron chi connectivity index (χ0n) is 22.6. The van der Waals surface area contributed by atoms with E-state index < -0.39 is 17.9 Å². The first-order chi connectivity index (χ1) is 19.8. The summed E-state index contributed by atoms with van der Waals surface area (Å²) in [5.41, 5.74) is 12.9. The lowest BCUT2D eigenvalue weighted by Crippen LogP contribution is -2.46. The molecule has 0 unspecified atom stereocenters. The van der Waals surface area contributed by atoms with Crippen molar-refractivity contribution in [1.29, 1.82) is 0 Å². The fourth-order valence-corrected chi connectivity index (χ4v) is 5.87. The van der Waals surface area contributed by atoms with Gasteiger partial charge in [0.15, 0.2) is 17.2 Å². The van der Waals surface area contributed by atoms with Gasteiger partial charge in [-0.2, -0.15) is 4.37 Å². The van der Waals surface area contributed by atoms with E-state index in [1.807, 2.05) is 18.2 Å². The number of carbonyl (C=O) groups is 3. The first-order valence-corrected chi connectivity index (χ1v) is 13.8. The molecule has 0 aliphatic heterocycles. The molecule has 0 bridgehead atoms. The standard InChI is InChI=1S/C29H30N6O5S/c1-39-21-12-10-19(15-22(21)40-2)35(29(38)26-23(30)24(27(31)36)34-41-26)25(28(37)33-18-7-3-4-8-18)17-9-11-20-16(14-17)6-5-13-32-20/h5-6,9-15,18,25H,3-4,7-8,30H2,1-2H3,(H2,31,36)(H,33,37)/t25-/m1/s1. The molecule has 1 aliphatic rings. The van der Waals surface area contributed by atoms with Crippen LogP contribution in [-0.4, -0.2) is 47.3 Å². The summed E-state index contributed by atoms with van der Waals surface area (Å²) < 4.78 is 14.9. The minimum Gasteiger partial charge on any atom is -0.493 e. The van der Waals surface area contributed by atoms with Gasteiger partial charge in [-0.25, -0.2) is 0 Å². The van der Waals surface area contributed by atoms with Gasteiger partial charge in [-0.1, -0.05) is 25.0 Å². The number of pyridine rings is 1. The Kier molecular flexibility index (Phi) is 8.02. The number of benzene rings is 2. The highest BCUT2D eigenvalue weighted by atomic mass is 32.1. The molecular formula is C29H30N6O5S. The number of nitrogens with one attached hydrogen (secondary N) is 1. The van der Waals surface area contributed by atoms with Gasteiger partial charge in [0.1, 0.15) is 10.9 Å². The van der Waals surface area contributed by atoms with Gasteiger partial charge in [0.2, 0.25) is 5.91 Å². The topological polar surface area (TPSA) is 163 Å². The van der Waals surface area contributed by atoms with Crippen molar-refractivity contribution in [2.45, 2.75) is 37.8 Å². The smallest absolute Gasteiger partial charge is 0.273 e. The molecule has 1 aliphatic carbocycles. The van der Waals surface area contributed by atoms with Crippen molar-refractivity contribution in [3.05, 3.63) is 70.9 Å². The van der Waals surface area contributed by atoms with Gasteiger partial charge in [-0.05, 0) is 60.3 Å². The normalized spacial score (nSPS) is 14.0. The van der Waals surface area contributed by atoms with Crippen LogP contribution in [0.4, 0.5) is 11.4 Å². The third kappa shape index (κ3) is 5.50. The summed E-state index contributed by atoms with van der Waals surface area (Å²) in [5.74, 6) is -1.04. The number of nitrogens with two attached hydrogens (primary N) is 2. The zero-order valence-corrected chi connectivity index (χ0v) is 23.4. The molecule has 4 aromatic rings. The van der Waals surface area contributed by atoms with E-state index in [0.29, 0.717) is 22.7 Å². The molecular weight excluding hydrogens is 544 g/mol. The lowest BCUT2D eigenvalue weighted by molar-refractivity contribution is -0.123. The Morgan fingerprint density at radius 1 is 1.05 bits per heavy atom. The molecule has 2 heterocycles. The summed E-state index contributed by atoms with van der Waals surface area (Å²) in [5, 5.41) is 3.95. The van der Waals surface area contributed by atoms with Crippen molar-refractivity contribution in [1.82, 2.24) is 14.7 Å². The van der Waals surface area contributed by atoms with E-state index in [0.717, 1.165) is 48.1 Å². The summed E-state index contributed by atoms with van der Waals surface area (Å²) >= 11 is 0.748. The van der Waals surface area contributed by atoms with Crippen LogP contribution in [0, 0.1) is 0 Å². The van der Waals surface area contributed by atoms with Crippen LogP contribution >= 0.6 is 11.5 Å². The maximum Gasteiger partial charge on any atom is 0.273 e. The van der Waals surface area contributed by atoms with E-state index >= 15 is 0 Å². The minimum atomic E-state index is -1.12. The number of methoxy groups -OCH3 is 2. The summed E-state index contributed by atoms with van der Waals surface area (Å²) in [6, 6.07) is 12.9. The van der Waals surface area contributed by atoms with Gasteiger partial charge < -0.3 is 26.3 Å². The zero-order chi connectivity index (χ0) is 29.1. The van der Waals surface area contributed by atoms with Crippen molar-refractivity contribution >= 4 is 51.5 Å². The Balaban J connectivity index is 1.71. The van der Waals surface area contributed by atoms with Crippen molar-refractivity contribution in [2.24, 2.45) is 5.73 Å². The SMILES string of the molecule is COc1ccc(N(C(=O)c2snc(C(N)=O)c2N)[C@@H](C(=O)NC2CCCC2)c2ccc3ncccc3c2)cc1OC. The number of nitrogens with zero attached hydrogens (tertiary/aromatic N) is 3. The van der Waals surface area contributed by atoms with Gasteiger partial charge >= 0.3 is 0 Å². The molecule has 0 saturated heterocycles. The molecule has 1 atom stereocenters. The number of fused-ring (bicyclic) bond motifs is 1. The molecule has 212 valence electrons. The molecule has 2 aromatic heterocycles. The Bertz CT molecular complexity index is 1620. The summed E-state index contributed by atoms with van der Waals surface area (Å²) in [6.07, 6.45) is 5.43. The molecule has 2 aromatic carbocycles. The first kappa shape index (κ1) is 27.8. The second-order valence-electron chi connectivity index (χ2n) is 9.70. The van der Waals surface area contributed by atoms with E-state index in [-0.39, 0.29) is 28.2 Å². The number of carbonyl (C=O) groups excluding carboxylic acids is 3. The second-order valence-corrected chi connectivity index (χ2v) is 10.5. The molecule has 0 radical (unpaired) electrons. The van der Waals surface area contributed by atoms with Crippen LogP contribution in [0.3, 0.4) is 0 Å². The Morgan fingerprint density at radius 2 is 1.80 bits per heavy atom. The second kappa shape index (κ2) is 11.8. The van der Waals surface area contributed by atoms with Crippen LogP contribution in [0.2, 0.25) is 0 Å². The predicted octanol–water partition coefficient (Wildman–Crippen LogP) is 3.84. The summed E-state index contributed by atoms with van der Waals surface area (Å²) in [6.45, 7) is 0. The van der Waals surface area contributed by atoms with Crippen molar-refractivity contribution < 1.29 is 23.9 Å². The van der Waals surface area contributed by atoms with E-state index in [1.165, 1.54) is 19.1 Å². The van der Waals surface area contributed by atoms with Crippen LogP contribution in [0.15, 0.2) is 54.7 Å². The fraction of sp³-hybridized carbons (Fsp3) is 0.276. The maximum atomic E-state index is 14.4. The third-order valence-electron chi connectivity index (χ3n) is 7.17. The number of ether oxygens (including phenoxy) is 2. The Labute approximate surface area is 240 Å². The Morgan fingerprint density at radius 3 is 2.49 bits per heavy atom. The third-order valence-corrected chi connectivity index (χ3v) is 8.02. The fourth-order valence-electron chi connectivity index (χ4n) is 5.13. The lowest BCUT2D eigenvalue weighted by Gasteiger charge is -2.32. The highest BCUT2D eigenvalue weighted by Crippen LogP contribution is 2.38. The molecule has 3 amide bonds. The van der Waals surface area contributed by atoms with Gasteiger partial charge in [-0.15, -0.1) is 0 Å². The van der Waals surface area contributed by atoms with Gasteiger partial charge in [0, 0.05) is 29.4 Å². The van der Waals surface area contributed by atoms with E-state index in [9.17, 15) is 14.4 Å². The molecule has 11 nitrogen and oxygen atoms in total. The molecule has 1 saturated carbocycles. The van der Waals surface area contributed by atoms with E-state index in [1.54, 1.807) is 36.5 Å². The Hall–Kier alpha value is -4.71. The van der Waals surface area contributed by atoms with Crippen LogP contribution in [0.25, 0.3) is 10.9 Å². The van der Waals surface area contributed by atoms with E-state index in [2.05, 4.69) is 14.7 Å². The van der Waals surface area contributed by atoms with Gasteiger partial charge in [0.25, 0.3) is 11.8 Å². The number of hydrogen-bond donors (Lipinski definition) is 3. The van der Waals surface area contributed by atoms with Crippen LogP contribution in [-0.2, 0) is 4.79 Å². The quantitative estimate of drug-likeness (QED) is 0.272. The molecule has 0 spiro atoms. The monoisotopic (exact) mass is 574 g/mol. The first-order valence-electron chi connectivity index (χ1n) is 13.1. The minimum absolute atomic E-state index is 0.00980. The van der Waals surface area contributed by atoms with Crippen molar-refractivity contribution in [3.63, 3.8) is 0 Å². The average molecular weight is 575 g/mol. The van der Waals surface area contributed by atoms with Crippen LogP contribution < -0.4 is 31.2 Å². The van der Waals surface area contributed by atoms with Gasteiger partial charge in [0.05, 0.1) is 25.4 Å². The summed E-state index contributed by atoms with van der Waals surface area (Å²) in [4.78, 5) is 46.2. The maximum absolute atomic E-state index is 14.4. The number of aromatic nitrogens is 2. The largest absolute Gasteiger partial charge is 0.493 e. The molecule has 41 heavy (non-hydrogen) atoms. The number of amides is 3. The predicted molar refractivity (Wildman–Crippen MR) is 156 cm³/mol. The average Bonchev–Trinajstić information content (AvgIpc) is 3.64. The molecule has 1 fully saturated rings. The number of rotatable bonds is 9. The lowest BCUT2D eigenvalue weighted by atomic mass is 9.99. The number of hydrogen-bond acceptors (Lipinski definition) is 9. The highest BCUT2D eigenvalue weighted by molar-refractivity contribution is 7.09. The van der Waals surface area contributed by atoms with Crippen LogP contribution in [0.5, 0.6) is 11.5 Å². The molecule has 5 rings (SSSR count). The van der Waals surface area contributed by atoms with Gasteiger partial charge in [-0.3, -0.25) is 24.3 Å². The van der Waals surface area contributed by atoms with Crippen LogP contribution in [0.1, 0.15) is 57.4 Å². The van der Waals surface area contributed by atoms with Crippen molar-refractivity contribution in [2.75, 3.05) is 24.9 Å². The summed E-state index contributed by atoms with van der Waals surface area (Å²) in [7, 11) is 2.99. The highest BCUT2D eigenvalue weighted by Gasteiger charge is 2.37. The van der Waals surface area contributed by atoms with E-state index in [4.69, 9.17) is 20.9 Å². The number of nitrogen functional groups attached to an aromatic ring is 1. The number of anilines is 2.